The van der Waals surface area contributed by atoms with Crippen LogP contribution >= 0.6 is 0 Å². The lowest BCUT2D eigenvalue weighted by Crippen LogP contribution is -2.19. The van der Waals surface area contributed by atoms with Crippen molar-refractivity contribution in [3.8, 4) is 0 Å². The van der Waals surface area contributed by atoms with Gasteiger partial charge in [0, 0.05) is 0 Å². The summed E-state index contributed by atoms with van der Waals surface area (Å²) >= 11 is 0. The molecule has 0 aliphatic heterocycles. The number of carbonyl (C=O) groups is 1. The van der Waals surface area contributed by atoms with Gasteiger partial charge in [-0.3, -0.25) is 4.79 Å². The van der Waals surface area contributed by atoms with Crippen molar-refractivity contribution in [2.75, 3.05) is 0 Å². The maximum Gasteiger partial charge on any atom is 0.417 e. The minimum atomic E-state index is -4.56. The zero-order valence-electron chi connectivity index (χ0n) is 8.93. The van der Waals surface area contributed by atoms with Gasteiger partial charge in [-0.15, -0.1) is 0 Å². The fraction of sp³-hybridized carbons (Fsp3) is 0.364. The second kappa shape index (κ2) is 4.15. The quantitative estimate of drug-likeness (QED) is 0.835. The van der Waals surface area contributed by atoms with Gasteiger partial charge in [-0.2, -0.15) is 13.2 Å². The van der Waals surface area contributed by atoms with E-state index in [0.29, 0.717) is 5.56 Å². The van der Waals surface area contributed by atoms with E-state index in [1.807, 2.05) is 13.8 Å². The highest BCUT2D eigenvalue weighted by Gasteiger charge is 2.34. The Hall–Kier alpha value is -1.52. The molecule has 1 aromatic carbocycles. The Morgan fingerprint density at radius 2 is 1.88 bits per heavy atom. The lowest BCUT2D eigenvalue weighted by Gasteiger charge is -2.13. The van der Waals surface area contributed by atoms with Crippen LogP contribution in [0.25, 0.3) is 0 Å². The second-order valence-corrected chi connectivity index (χ2v) is 3.82. The Morgan fingerprint density at radius 3 is 2.25 bits per heavy atom. The van der Waals surface area contributed by atoms with Crippen molar-refractivity contribution >= 4 is 5.91 Å². The van der Waals surface area contributed by atoms with Gasteiger partial charge in [0.25, 0.3) is 0 Å². The zero-order chi connectivity index (χ0) is 12.5. The smallest absolute Gasteiger partial charge is 0.366 e. The average molecular weight is 231 g/mol. The van der Waals surface area contributed by atoms with E-state index in [-0.39, 0.29) is 5.92 Å². The molecule has 0 saturated carbocycles. The summed E-state index contributed by atoms with van der Waals surface area (Å²) in [6, 6.07) is 3.46. The van der Waals surface area contributed by atoms with Gasteiger partial charge in [0.2, 0.25) is 5.91 Å². The van der Waals surface area contributed by atoms with Crippen LogP contribution in [0.3, 0.4) is 0 Å². The molecule has 0 fully saturated rings. The monoisotopic (exact) mass is 231 g/mol. The molecule has 1 amide bonds. The van der Waals surface area contributed by atoms with E-state index in [9.17, 15) is 18.0 Å². The molecule has 88 valence electrons. The number of primary amides is 1. The normalized spacial score (nSPS) is 11.9. The third-order valence-corrected chi connectivity index (χ3v) is 2.28. The van der Waals surface area contributed by atoms with E-state index in [4.69, 9.17) is 5.73 Å². The number of nitrogens with two attached hydrogens (primary N) is 1. The molecular weight excluding hydrogens is 219 g/mol. The lowest BCUT2D eigenvalue weighted by atomic mass is 9.97. The molecule has 2 N–H and O–H groups in total. The fourth-order valence-corrected chi connectivity index (χ4v) is 1.37. The van der Waals surface area contributed by atoms with Crippen molar-refractivity contribution in [1.82, 2.24) is 0 Å². The van der Waals surface area contributed by atoms with Crippen LogP contribution in [-0.2, 0) is 6.18 Å². The van der Waals surface area contributed by atoms with Crippen LogP contribution in [0.4, 0.5) is 13.2 Å². The Balaban J connectivity index is 3.37. The van der Waals surface area contributed by atoms with Gasteiger partial charge in [0.1, 0.15) is 0 Å². The summed E-state index contributed by atoms with van der Waals surface area (Å²) < 4.78 is 37.6. The van der Waals surface area contributed by atoms with Crippen molar-refractivity contribution in [3.63, 3.8) is 0 Å². The van der Waals surface area contributed by atoms with Gasteiger partial charge in [0.05, 0.1) is 11.1 Å². The van der Waals surface area contributed by atoms with Crippen molar-refractivity contribution < 1.29 is 18.0 Å². The van der Waals surface area contributed by atoms with Gasteiger partial charge in [-0.25, -0.2) is 0 Å². The molecule has 0 bridgehead atoms. The summed E-state index contributed by atoms with van der Waals surface area (Å²) in [6.07, 6.45) is -4.56. The molecule has 0 radical (unpaired) electrons. The van der Waals surface area contributed by atoms with Crippen LogP contribution < -0.4 is 5.73 Å². The van der Waals surface area contributed by atoms with Crippen LogP contribution in [0, 0.1) is 0 Å². The minimum absolute atomic E-state index is 0.0420. The van der Waals surface area contributed by atoms with E-state index in [2.05, 4.69) is 0 Å². The Morgan fingerprint density at radius 1 is 1.31 bits per heavy atom. The first-order valence-electron chi connectivity index (χ1n) is 4.74. The number of benzene rings is 1. The van der Waals surface area contributed by atoms with Crippen LogP contribution in [0.15, 0.2) is 18.2 Å². The molecule has 1 rings (SSSR count). The molecule has 16 heavy (non-hydrogen) atoms. The van der Waals surface area contributed by atoms with E-state index < -0.39 is 23.2 Å². The highest BCUT2D eigenvalue weighted by atomic mass is 19.4. The largest absolute Gasteiger partial charge is 0.417 e. The molecule has 0 aromatic heterocycles. The number of carbonyl (C=O) groups excluding carboxylic acids is 1. The number of halogens is 3. The van der Waals surface area contributed by atoms with E-state index in [1.54, 1.807) is 0 Å². The average Bonchev–Trinajstić information content (AvgIpc) is 2.15. The molecule has 0 spiro atoms. The van der Waals surface area contributed by atoms with Crippen LogP contribution in [0.5, 0.6) is 0 Å². The molecule has 0 aliphatic rings. The molecule has 0 heterocycles. The number of alkyl halides is 3. The summed E-state index contributed by atoms with van der Waals surface area (Å²) in [5, 5.41) is 0. The van der Waals surface area contributed by atoms with Crippen LogP contribution in [-0.4, -0.2) is 5.91 Å². The standard InChI is InChI=1S/C11H12F3NO/c1-6(2)7-3-4-9(11(12,13)14)8(5-7)10(15)16/h3-6H,1-2H3,(H2,15,16). The number of hydrogen-bond acceptors (Lipinski definition) is 1. The van der Waals surface area contributed by atoms with Crippen LogP contribution in [0.1, 0.15) is 41.3 Å². The molecule has 1 aromatic rings. The second-order valence-electron chi connectivity index (χ2n) is 3.82. The van der Waals surface area contributed by atoms with E-state index in [0.717, 1.165) is 6.07 Å². The summed E-state index contributed by atoms with van der Waals surface area (Å²) in [7, 11) is 0. The molecule has 0 saturated heterocycles. The Labute approximate surface area is 91.3 Å². The first-order chi connectivity index (χ1) is 7.23. The summed E-state index contributed by atoms with van der Waals surface area (Å²) in [5.41, 5.74) is 4.14. The van der Waals surface area contributed by atoms with Crippen molar-refractivity contribution in [2.24, 2.45) is 5.73 Å². The number of amides is 1. The van der Waals surface area contributed by atoms with Gasteiger partial charge in [-0.1, -0.05) is 19.9 Å². The van der Waals surface area contributed by atoms with Crippen LogP contribution in [0.2, 0.25) is 0 Å². The molecule has 0 unspecified atom stereocenters. The highest BCUT2D eigenvalue weighted by Crippen LogP contribution is 2.33. The molecular formula is C11H12F3NO. The van der Waals surface area contributed by atoms with Crippen molar-refractivity contribution in [2.45, 2.75) is 25.9 Å². The predicted molar refractivity (Wildman–Crippen MR) is 54.1 cm³/mol. The summed E-state index contributed by atoms with van der Waals surface area (Å²) in [5.74, 6) is -1.02. The SMILES string of the molecule is CC(C)c1ccc(C(F)(F)F)c(C(N)=O)c1. The molecule has 0 aliphatic carbocycles. The summed E-state index contributed by atoms with van der Waals surface area (Å²) in [6.45, 7) is 3.65. The first-order valence-corrected chi connectivity index (χ1v) is 4.74. The third kappa shape index (κ3) is 2.53. The fourth-order valence-electron chi connectivity index (χ4n) is 1.37. The molecule has 0 atom stereocenters. The zero-order valence-corrected chi connectivity index (χ0v) is 8.93. The third-order valence-electron chi connectivity index (χ3n) is 2.28. The topological polar surface area (TPSA) is 43.1 Å². The van der Waals surface area contributed by atoms with E-state index >= 15 is 0 Å². The first kappa shape index (κ1) is 12.5. The van der Waals surface area contributed by atoms with E-state index in [1.165, 1.54) is 12.1 Å². The molecule has 5 heteroatoms. The predicted octanol–water partition coefficient (Wildman–Crippen LogP) is 2.93. The maximum atomic E-state index is 12.5. The van der Waals surface area contributed by atoms with Crippen molar-refractivity contribution in [1.29, 1.82) is 0 Å². The highest BCUT2D eigenvalue weighted by molar-refractivity contribution is 5.94. The number of rotatable bonds is 2. The maximum absolute atomic E-state index is 12.5. The minimum Gasteiger partial charge on any atom is -0.366 e. The molecule has 2 nitrogen and oxygen atoms in total. The Bertz CT molecular complexity index is 410. The lowest BCUT2D eigenvalue weighted by molar-refractivity contribution is -0.137. The van der Waals surface area contributed by atoms with Gasteiger partial charge in [0.15, 0.2) is 0 Å². The Kier molecular flexibility index (Phi) is 3.26. The van der Waals surface area contributed by atoms with Crippen molar-refractivity contribution in [3.05, 3.63) is 34.9 Å². The van der Waals surface area contributed by atoms with Gasteiger partial charge < -0.3 is 5.73 Å². The van der Waals surface area contributed by atoms with Gasteiger partial charge in [-0.05, 0) is 23.6 Å². The van der Waals surface area contributed by atoms with Gasteiger partial charge >= 0.3 is 6.18 Å². The number of hydrogen-bond donors (Lipinski definition) is 1. The summed E-state index contributed by atoms with van der Waals surface area (Å²) in [4.78, 5) is 11.0.